The van der Waals surface area contributed by atoms with Crippen molar-refractivity contribution in [3.8, 4) is 5.75 Å². The molecule has 0 fully saturated rings. The van der Waals surface area contributed by atoms with Crippen molar-refractivity contribution in [2.24, 2.45) is 0 Å². The lowest BCUT2D eigenvalue weighted by Gasteiger charge is -2.08. The van der Waals surface area contributed by atoms with Crippen LogP contribution >= 0.6 is 11.8 Å². The van der Waals surface area contributed by atoms with Gasteiger partial charge < -0.3 is 9.16 Å². The molecule has 0 aliphatic rings. The third-order valence-corrected chi connectivity index (χ3v) is 5.15. The van der Waals surface area contributed by atoms with Crippen molar-refractivity contribution < 1.29 is 17.9 Å². The van der Waals surface area contributed by atoms with E-state index >= 15 is 0 Å². The van der Waals surface area contributed by atoms with Crippen LogP contribution in [0.1, 0.15) is 25.7 Å². The third-order valence-electron chi connectivity index (χ3n) is 3.16. The second-order valence-corrected chi connectivity index (χ2v) is 9.03. The number of benzene rings is 1. The van der Waals surface area contributed by atoms with Crippen molar-refractivity contribution in [3.63, 3.8) is 0 Å². The summed E-state index contributed by atoms with van der Waals surface area (Å²) in [7, 11) is 0.656. The van der Waals surface area contributed by atoms with Crippen LogP contribution in [-0.2, 0) is 4.43 Å². The number of hydrogen-bond acceptors (Lipinski definition) is 3. The first kappa shape index (κ1) is 20.2. The van der Waals surface area contributed by atoms with E-state index in [4.69, 9.17) is 9.16 Å². The summed E-state index contributed by atoms with van der Waals surface area (Å²) in [5, 5.41) is 0. The highest BCUT2D eigenvalue weighted by atomic mass is 32.2. The lowest BCUT2D eigenvalue weighted by atomic mass is 10.2. The minimum absolute atomic E-state index is 0.126. The highest BCUT2D eigenvalue weighted by molar-refractivity contribution is 8.03. The topological polar surface area (TPSA) is 18.5 Å². The normalized spacial score (nSPS) is 12.2. The lowest BCUT2D eigenvalue weighted by molar-refractivity contribution is 0.199. The molecule has 0 saturated carbocycles. The smallest absolute Gasteiger partial charge is 0.269 e. The summed E-state index contributed by atoms with van der Waals surface area (Å²) < 4.78 is 36.9. The minimum Gasteiger partial charge on any atom is -0.497 e. The highest BCUT2D eigenvalue weighted by Crippen LogP contribution is 2.32. The Morgan fingerprint density at radius 3 is 2.43 bits per heavy atom. The number of rotatable bonds is 11. The molecule has 0 bridgehead atoms. The van der Waals surface area contributed by atoms with Gasteiger partial charge in [0.1, 0.15) is 5.75 Å². The van der Waals surface area contributed by atoms with Gasteiger partial charge in [-0.1, -0.05) is 24.3 Å². The van der Waals surface area contributed by atoms with Gasteiger partial charge in [-0.05, 0) is 56.6 Å². The molecule has 0 aliphatic carbocycles. The summed E-state index contributed by atoms with van der Waals surface area (Å²) in [5.74, 6) is 0.726. The molecule has 1 aromatic rings. The van der Waals surface area contributed by atoms with Crippen molar-refractivity contribution in [1.29, 1.82) is 0 Å². The van der Waals surface area contributed by atoms with Crippen LogP contribution in [0.4, 0.5) is 8.78 Å². The Balaban J connectivity index is 2.38. The Hall–Kier alpha value is -0.853. The first-order chi connectivity index (χ1) is 11.0. The number of halogens is 2. The summed E-state index contributed by atoms with van der Waals surface area (Å²) in [4.78, 5) is 0.925. The Morgan fingerprint density at radius 2 is 1.87 bits per heavy atom. The highest BCUT2D eigenvalue weighted by Gasteiger charge is 2.12. The zero-order valence-corrected chi connectivity index (χ0v) is 16.0. The predicted molar refractivity (Wildman–Crippen MR) is 96.2 cm³/mol. The fraction of sp³-hybridized carbons (Fsp3) is 0.529. The number of ether oxygens (including phenoxy) is 1. The summed E-state index contributed by atoms with van der Waals surface area (Å²) in [6.45, 7) is 5.10. The summed E-state index contributed by atoms with van der Waals surface area (Å²) in [6.07, 6.45) is 2.86. The van der Waals surface area contributed by atoms with E-state index in [1.165, 1.54) is 0 Å². The average molecular weight is 361 g/mol. The number of unbranched alkanes of at least 4 members (excludes halogenated alkanes) is 3. The van der Waals surface area contributed by atoms with Gasteiger partial charge >= 0.3 is 0 Å². The molecule has 0 atom stereocenters. The van der Waals surface area contributed by atoms with E-state index in [0.717, 1.165) is 48.3 Å². The Labute approximate surface area is 144 Å². The van der Waals surface area contributed by atoms with E-state index in [9.17, 15) is 8.78 Å². The number of methoxy groups -OCH3 is 1. The molecule has 0 aliphatic heterocycles. The van der Waals surface area contributed by atoms with Crippen molar-refractivity contribution >= 4 is 20.8 Å². The third kappa shape index (κ3) is 9.13. The molecular formula is C17H26F2O2SSi. The van der Waals surface area contributed by atoms with E-state index in [-0.39, 0.29) is 4.91 Å². The number of allylic oxidation sites excluding steroid dienone is 2. The van der Waals surface area contributed by atoms with E-state index in [2.05, 4.69) is 13.1 Å². The SMILES string of the molecule is COc1ccc(SC(=CCCCCCO[SiH](C)C)C(F)F)cc1. The van der Waals surface area contributed by atoms with Gasteiger partial charge in [0.2, 0.25) is 0 Å². The molecule has 6 heteroatoms. The molecule has 0 amide bonds. The zero-order chi connectivity index (χ0) is 17.1. The largest absolute Gasteiger partial charge is 0.497 e. The second kappa shape index (κ2) is 11.6. The molecule has 130 valence electrons. The van der Waals surface area contributed by atoms with Gasteiger partial charge in [-0.2, -0.15) is 0 Å². The molecule has 2 nitrogen and oxygen atoms in total. The molecule has 0 saturated heterocycles. The van der Waals surface area contributed by atoms with Crippen LogP contribution in [0.3, 0.4) is 0 Å². The van der Waals surface area contributed by atoms with Gasteiger partial charge in [0.25, 0.3) is 6.43 Å². The van der Waals surface area contributed by atoms with Gasteiger partial charge in [-0.15, -0.1) is 0 Å². The predicted octanol–water partition coefficient (Wildman–Crippen LogP) is 5.50. The minimum atomic E-state index is -2.43. The van der Waals surface area contributed by atoms with Gasteiger partial charge in [0, 0.05) is 11.5 Å². The van der Waals surface area contributed by atoms with Crippen LogP contribution in [0, 0.1) is 0 Å². The van der Waals surface area contributed by atoms with Crippen molar-refractivity contribution in [1.82, 2.24) is 0 Å². The van der Waals surface area contributed by atoms with Gasteiger partial charge in [-0.25, -0.2) is 8.78 Å². The number of hydrogen-bond donors (Lipinski definition) is 0. The molecule has 0 unspecified atom stereocenters. The maximum absolute atomic E-state index is 13.1. The van der Waals surface area contributed by atoms with Crippen molar-refractivity contribution in [3.05, 3.63) is 35.2 Å². The summed E-state index contributed by atoms with van der Waals surface area (Å²) >= 11 is 1.12. The molecule has 1 rings (SSSR count). The Bertz CT molecular complexity index is 464. The van der Waals surface area contributed by atoms with Crippen molar-refractivity contribution in [2.75, 3.05) is 13.7 Å². The fourth-order valence-corrected chi connectivity index (χ4v) is 3.41. The molecule has 0 N–H and O–H groups in total. The number of thioether (sulfide) groups is 1. The van der Waals surface area contributed by atoms with Gasteiger partial charge in [0.05, 0.1) is 12.0 Å². The molecule has 0 radical (unpaired) electrons. The van der Waals surface area contributed by atoms with Gasteiger partial charge in [0.15, 0.2) is 9.04 Å². The van der Waals surface area contributed by atoms with Crippen LogP contribution in [0.25, 0.3) is 0 Å². The first-order valence-corrected chi connectivity index (χ1v) is 11.5. The lowest BCUT2D eigenvalue weighted by Crippen LogP contribution is -2.08. The van der Waals surface area contributed by atoms with Gasteiger partial charge in [-0.3, -0.25) is 0 Å². The Kier molecular flexibility index (Phi) is 10.2. The zero-order valence-electron chi connectivity index (χ0n) is 14.1. The van der Waals surface area contributed by atoms with E-state index in [1.54, 1.807) is 37.5 Å². The molecule has 1 aromatic carbocycles. The molecular weight excluding hydrogens is 334 g/mol. The molecule has 0 heterocycles. The van der Waals surface area contributed by atoms with Crippen LogP contribution < -0.4 is 4.74 Å². The average Bonchev–Trinajstić information content (AvgIpc) is 2.53. The van der Waals surface area contributed by atoms with Crippen LogP contribution in [0.2, 0.25) is 13.1 Å². The Morgan fingerprint density at radius 1 is 1.17 bits per heavy atom. The van der Waals surface area contributed by atoms with Crippen molar-refractivity contribution in [2.45, 2.75) is 50.1 Å². The maximum atomic E-state index is 13.1. The van der Waals surface area contributed by atoms with E-state index < -0.39 is 15.5 Å². The van der Waals surface area contributed by atoms with Crippen LogP contribution in [0.15, 0.2) is 40.1 Å². The number of alkyl halides is 2. The summed E-state index contributed by atoms with van der Waals surface area (Å²) in [5.41, 5.74) is 0. The second-order valence-electron chi connectivity index (χ2n) is 5.45. The van der Waals surface area contributed by atoms with Crippen LogP contribution in [-0.4, -0.2) is 29.2 Å². The van der Waals surface area contributed by atoms with Crippen LogP contribution in [0.5, 0.6) is 5.75 Å². The summed E-state index contributed by atoms with van der Waals surface area (Å²) in [6, 6.07) is 7.16. The molecule has 0 aromatic heterocycles. The van der Waals surface area contributed by atoms with E-state index in [1.807, 2.05) is 0 Å². The molecule has 0 spiro atoms. The maximum Gasteiger partial charge on any atom is 0.269 e. The monoisotopic (exact) mass is 360 g/mol. The quantitative estimate of drug-likeness (QED) is 0.295. The standard InChI is InChI=1S/C17H26F2O2SSi/c1-20-14-9-11-15(12-10-14)22-16(17(18)19)8-6-4-5-7-13-21-23(2)3/h8-12,17,23H,4-7,13H2,1-3H3. The first-order valence-electron chi connectivity index (χ1n) is 7.94. The fourth-order valence-electron chi connectivity index (χ4n) is 1.94. The molecule has 23 heavy (non-hydrogen) atoms. The van der Waals surface area contributed by atoms with E-state index in [0.29, 0.717) is 6.42 Å².